The Balaban J connectivity index is 1.67. The minimum Gasteiger partial charge on any atom is -0.382 e. The van der Waals surface area contributed by atoms with Gasteiger partial charge in [-0.25, -0.2) is 0 Å². The summed E-state index contributed by atoms with van der Waals surface area (Å²) in [4.78, 5) is 0. The smallest absolute Gasteiger partial charge is 0.200 e. The highest BCUT2D eigenvalue weighted by Crippen LogP contribution is 2.21. The Morgan fingerprint density at radius 1 is 1.33 bits per heavy atom. The highest BCUT2D eigenvalue weighted by atomic mass is 35.5. The summed E-state index contributed by atoms with van der Waals surface area (Å²) in [6, 6.07) is 0. The number of anilines is 1. The molecular weight excluding hydrogens is 290 g/mol. The first-order chi connectivity index (χ1) is 10.1. The largest absolute Gasteiger partial charge is 0.382 e. The molecule has 0 aliphatic carbocycles. The molecular formula is C13H16ClN7. The summed E-state index contributed by atoms with van der Waals surface area (Å²) in [7, 11) is 0. The van der Waals surface area contributed by atoms with Crippen LogP contribution in [-0.4, -0.2) is 36.1 Å². The van der Waals surface area contributed by atoms with E-state index in [0.29, 0.717) is 5.02 Å². The summed E-state index contributed by atoms with van der Waals surface area (Å²) in [5.74, 6) is 0. The Kier molecular flexibility index (Phi) is 3.74. The Labute approximate surface area is 126 Å². The van der Waals surface area contributed by atoms with Gasteiger partial charge in [0.1, 0.15) is 6.33 Å². The first-order valence-electron chi connectivity index (χ1n) is 6.74. The number of rotatable bonds is 5. The molecule has 0 spiro atoms. The molecule has 0 aromatic carbocycles. The van der Waals surface area contributed by atoms with Crippen molar-refractivity contribution in [2.24, 2.45) is 0 Å². The molecule has 7 nitrogen and oxygen atoms in total. The predicted molar refractivity (Wildman–Crippen MR) is 80.6 cm³/mol. The number of aromatic nitrogens is 6. The summed E-state index contributed by atoms with van der Waals surface area (Å²) in [6.07, 6.45) is 6.00. The van der Waals surface area contributed by atoms with E-state index in [0.717, 1.165) is 42.1 Å². The zero-order valence-electron chi connectivity index (χ0n) is 11.9. The highest BCUT2D eigenvalue weighted by molar-refractivity contribution is 6.30. The van der Waals surface area contributed by atoms with E-state index in [9.17, 15) is 0 Å². The van der Waals surface area contributed by atoms with Crippen LogP contribution in [0.2, 0.25) is 5.02 Å². The molecule has 0 aliphatic heterocycles. The first kappa shape index (κ1) is 13.8. The number of hydrogen-bond donors (Lipinski definition) is 1. The molecule has 0 saturated heterocycles. The number of fused-ring (bicyclic) bond motifs is 1. The summed E-state index contributed by atoms with van der Waals surface area (Å²) in [5.41, 5.74) is 3.79. The summed E-state index contributed by atoms with van der Waals surface area (Å²) >= 11 is 5.84. The lowest BCUT2D eigenvalue weighted by Crippen LogP contribution is -2.10. The van der Waals surface area contributed by atoms with Gasteiger partial charge < -0.3 is 5.32 Å². The molecule has 0 aliphatic rings. The molecule has 0 atom stereocenters. The SMILES string of the molecule is Cc1nn2cnnc2c(NCCCn2cc(Cl)cn2)c1C. The van der Waals surface area contributed by atoms with Crippen LogP contribution in [0.3, 0.4) is 0 Å². The molecule has 0 unspecified atom stereocenters. The van der Waals surface area contributed by atoms with Crippen molar-refractivity contribution in [3.63, 3.8) is 0 Å². The van der Waals surface area contributed by atoms with E-state index in [-0.39, 0.29) is 0 Å². The number of nitrogens with zero attached hydrogens (tertiary/aromatic N) is 6. The molecule has 3 heterocycles. The summed E-state index contributed by atoms with van der Waals surface area (Å²) in [5, 5.41) is 20.7. The molecule has 0 amide bonds. The van der Waals surface area contributed by atoms with Crippen LogP contribution in [-0.2, 0) is 6.54 Å². The molecule has 3 aromatic rings. The van der Waals surface area contributed by atoms with Gasteiger partial charge in [0.25, 0.3) is 0 Å². The maximum absolute atomic E-state index is 5.84. The van der Waals surface area contributed by atoms with Gasteiger partial charge in [-0.05, 0) is 25.8 Å². The van der Waals surface area contributed by atoms with Crippen molar-refractivity contribution in [3.8, 4) is 0 Å². The molecule has 0 bridgehead atoms. The van der Waals surface area contributed by atoms with E-state index in [1.165, 1.54) is 0 Å². The number of hydrogen-bond acceptors (Lipinski definition) is 5. The molecule has 8 heteroatoms. The van der Waals surface area contributed by atoms with Crippen molar-refractivity contribution >= 4 is 22.9 Å². The Hall–Kier alpha value is -2.15. The van der Waals surface area contributed by atoms with E-state index in [1.54, 1.807) is 17.0 Å². The van der Waals surface area contributed by atoms with Crippen LogP contribution < -0.4 is 5.32 Å². The summed E-state index contributed by atoms with van der Waals surface area (Å²) < 4.78 is 3.53. The zero-order chi connectivity index (χ0) is 14.8. The van der Waals surface area contributed by atoms with E-state index >= 15 is 0 Å². The summed E-state index contributed by atoms with van der Waals surface area (Å²) in [6.45, 7) is 5.63. The topological polar surface area (TPSA) is 72.9 Å². The number of nitrogens with one attached hydrogen (secondary N) is 1. The van der Waals surface area contributed by atoms with Crippen LogP contribution in [0.5, 0.6) is 0 Å². The monoisotopic (exact) mass is 305 g/mol. The van der Waals surface area contributed by atoms with Crippen LogP contribution >= 0.6 is 11.6 Å². The standard InChI is InChI=1S/C13H16ClN7/c1-9-10(2)19-21-8-16-18-13(21)12(9)15-4-3-5-20-7-11(14)6-17-20/h6-8,15H,3-5H2,1-2H3. The average Bonchev–Trinajstić information content (AvgIpc) is 3.07. The minimum absolute atomic E-state index is 0.661. The molecule has 0 fully saturated rings. The van der Waals surface area contributed by atoms with Crippen molar-refractivity contribution in [2.45, 2.75) is 26.8 Å². The zero-order valence-corrected chi connectivity index (χ0v) is 12.7. The lowest BCUT2D eigenvalue weighted by atomic mass is 10.2. The lowest BCUT2D eigenvalue weighted by Gasteiger charge is -2.12. The third-order valence-electron chi connectivity index (χ3n) is 3.40. The maximum atomic E-state index is 5.84. The first-order valence-corrected chi connectivity index (χ1v) is 7.12. The predicted octanol–water partition coefficient (Wildman–Crippen LogP) is 2.09. The normalized spacial score (nSPS) is 11.2. The van der Waals surface area contributed by atoms with Gasteiger partial charge in [-0.1, -0.05) is 11.6 Å². The van der Waals surface area contributed by atoms with E-state index in [1.807, 2.05) is 24.7 Å². The lowest BCUT2D eigenvalue weighted by molar-refractivity contribution is 0.591. The van der Waals surface area contributed by atoms with Gasteiger partial charge in [-0.2, -0.15) is 14.7 Å². The van der Waals surface area contributed by atoms with Crippen molar-refractivity contribution in [1.82, 2.24) is 29.6 Å². The number of aryl methyl sites for hydroxylation is 2. The van der Waals surface area contributed by atoms with Gasteiger partial charge in [0.05, 0.1) is 22.6 Å². The molecule has 3 aromatic heterocycles. The van der Waals surface area contributed by atoms with Crippen molar-refractivity contribution in [1.29, 1.82) is 0 Å². The fourth-order valence-corrected chi connectivity index (χ4v) is 2.34. The van der Waals surface area contributed by atoms with Crippen LogP contribution in [0, 0.1) is 13.8 Å². The van der Waals surface area contributed by atoms with Gasteiger partial charge in [0, 0.05) is 19.3 Å². The Bertz CT molecular complexity index is 761. The van der Waals surface area contributed by atoms with Gasteiger partial charge in [0.2, 0.25) is 5.65 Å². The van der Waals surface area contributed by atoms with E-state index in [2.05, 4.69) is 25.7 Å². The minimum atomic E-state index is 0.661. The van der Waals surface area contributed by atoms with E-state index in [4.69, 9.17) is 11.6 Å². The van der Waals surface area contributed by atoms with Crippen molar-refractivity contribution in [3.05, 3.63) is 35.0 Å². The molecule has 0 radical (unpaired) electrons. The van der Waals surface area contributed by atoms with Gasteiger partial charge >= 0.3 is 0 Å². The highest BCUT2D eigenvalue weighted by Gasteiger charge is 2.10. The van der Waals surface area contributed by atoms with Crippen molar-refractivity contribution in [2.75, 3.05) is 11.9 Å². The van der Waals surface area contributed by atoms with Gasteiger partial charge in [-0.3, -0.25) is 4.68 Å². The van der Waals surface area contributed by atoms with E-state index < -0.39 is 0 Å². The fourth-order valence-electron chi connectivity index (χ4n) is 2.18. The second-order valence-corrected chi connectivity index (χ2v) is 5.32. The van der Waals surface area contributed by atoms with Crippen LogP contribution in [0.4, 0.5) is 5.69 Å². The second-order valence-electron chi connectivity index (χ2n) is 4.89. The molecule has 0 saturated carbocycles. The van der Waals surface area contributed by atoms with Crippen LogP contribution in [0.15, 0.2) is 18.7 Å². The van der Waals surface area contributed by atoms with Crippen LogP contribution in [0.25, 0.3) is 5.65 Å². The third kappa shape index (κ3) is 2.82. The van der Waals surface area contributed by atoms with Crippen molar-refractivity contribution < 1.29 is 0 Å². The molecule has 21 heavy (non-hydrogen) atoms. The molecule has 1 N–H and O–H groups in total. The van der Waals surface area contributed by atoms with Crippen LogP contribution in [0.1, 0.15) is 17.7 Å². The molecule has 3 rings (SSSR count). The van der Waals surface area contributed by atoms with Gasteiger partial charge in [-0.15, -0.1) is 10.2 Å². The molecule has 110 valence electrons. The number of halogens is 1. The fraction of sp³-hybridized carbons (Fsp3) is 0.385. The third-order valence-corrected chi connectivity index (χ3v) is 3.59. The Morgan fingerprint density at radius 3 is 2.95 bits per heavy atom. The van der Waals surface area contributed by atoms with Gasteiger partial charge in [0.15, 0.2) is 0 Å². The second kappa shape index (κ2) is 5.69. The Morgan fingerprint density at radius 2 is 2.19 bits per heavy atom. The maximum Gasteiger partial charge on any atom is 0.200 e. The average molecular weight is 306 g/mol. The quantitative estimate of drug-likeness (QED) is 0.731.